The Morgan fingerprint density at radius 3 is 2.46 bits per heavy atom. The Kier molecular flexibility index (Phi) is 3.00. The number of carbonyl (C=O) groups is 1. The maximum Gasteiger partial charge on any atom is 0.295 e. The van der Waals surface area contributed by atoms with Crippen molar-refractivity contribution in [2.24, 2.45) is 0 Å². The van der Waals surface area contributed by atoms with Crippen molar-refractivity contribution in [2.75, 3.05) is 18.0 Å². The van der Waals surface area contributed by atoms with Gasteiger partial charge in [-0.2, -0.15) is 4.98 Å². The molecule has 72 valence electrons. The summed E-state index contributed by atoms with van der Waals surface area (Å²) in [7, 11) is 0. The Morgan fingerprint density at radius 1 is 1.46 bits per heavy atom. The first-order valence-corrected chi connectivity index (χ1v) is 4.28. The number of hydrogen-bond donors (Lipinski definition) is 0. The molecule has 1 aromatic heterocycles. The molecule has 5 nitrogen and oxygen atoms in total. The summed E-state index contributed by atoms with van der Waals surface area (Å²) in [6.07, 6.45) is 0. The fourth-order valence-corrected chi connectivity index (χ4v) is 0.994. The third kappa shape index (κ3) is 2.05. The van der Waals surface area contributed by atoms with Gasteiger partial charge in [0.25, 0.3) is 11.8 Å². The maximum absolute atomic E-state index is 10.8. The Balaban J connectivity index is 2.84. The number of hydrogen-bond acceptors (Lipinski definition) is 5. The van der Waals surface area contributed by atoms with E-state index in [0.717, 1.165) is 13.1 Å². The summed E-state index contributed by atoms with van der Waals surface area (Å²) in [5.74, 6) is 0.350. The summed E-state index contributed by atoms with van der Waals surface area (Å²) in [4.78, 5) is 16.7. The highest BCUT2D eigenvalue weighted by molar-refractivity contribution is 5.89. The Labute approximate surface area is 76.7 Å². The summed E-state index contributed by atoms with van der Waals surface area (Å²) in [5.41, 5.74) is 0. The monoisotopic (exact) mass is 183 g/mol. The van der Waals surface area contributed by atoms with Crippen LogP contribution in [0.5, 0.6) is 0 Å². The molecule has 0 spiro atoms. The van der Waals surface area contributed by atoms with Gasteiger partial charge in [0.2, 0.25) is 5.78 Å². The van der Waals surface area contributed by atoms with E-state index in [0.29, 0.717) is 5.95 Å². The molecule has 0 aliphatic heterocycles. The molecular formula is C8H13N3O2. The van der Waals surface area contributed by atoms with Gasteiger partial charge >= 0.3 is 0 Å². The second kappa shape index (κ2) is 4.02. The standard InChI is InChI=1S/C8H13N3O2/c1-4-11(5-2)8-9-7(6(3)12)13-10-8/h4-5H2,1-3H3. The minimum absolute atomic E-state index is 0.0712. The SMILES string of the molecule is CCN(CC)c1noc(C(C)=O)n1. The molecular weight excluding hydrogens is 170 g/mol. The highest BCUT2D eigenvalue weighted by Crippen LogP contribution is 2.08. The van der Waals surface area contributed by atoms with Crippen molar-refractivity contribution in [3.63, 3.8) is 0 Å². The lowest BCUT2D eigenvalue weighted by molar-refractivity contribution is 0.0972. The van der Waals surface area contributed by atoms with Crippen molar-refractivity contribution in [3.05, 3.63) is 5.89 Å². The highest BCUT2D eigenvalue weighted by Gasteiger charge is 2.13. The molecule has 1 rings (SSSR count). The molecule has 0 aliphatic rings. The normalized spacial score (nSPS) is 10.1. The van der Waals surface area contributed by atoms with Crippen LogP contribution in [-0.2, 0) is 0 Å². The molecule has 0 unspecified atom stereocenters. The van der Waals surface area contributed by atoms with Crippen LogP contribution in [0, 0.1) is 0 Å². The summed E-state index contributed by atoms with van der Waals surface area (Å²) in [6, 6.07) is 0. The molecule has 0 radical (unpaired) electrons. The van der Waals surface area contributed by atoms with Crippen molar-refractivity contribution < 1.29 is 9.32 Å². The van der Waals surface area contributed by atoms with Gasteiger partial charge in [0.15, 0.2) is 0 Å². The lowest BCUT2D eigenvalue weighted by Gasteiger charge is -2.14. The van der Waals surface area contributed by atoms with Crippen molar-refractivity contribution in [1.29, 1.82) is 0 Å². The smallest absolute Gasteiger partial charge is 0.295 e. The van der Waals surface area contributed by atoms with Crippen LogP contribution in [0.25, 0.3) is 0 Å². The van der Waals surface area contributed by atoms with Crippen LogP contribution in [0.15, 0.2) is 4.52 Å². The molecule has 0 bridgehead atoms. The maximum atomic E-state index is 10.8. The second-order valence-corrected chi connectivity index (χ2v) is 2.63. The van der Waals surface area contributed by atoms with E-state index in [2.05, 4.69) is 10.1 Å². The quantitative estimate of drug-likeness (QED) is 0.654. The molecule has 1 aromatic rings. The molecule has 0 amide bonds. The molecule has 0 fully saturated rings. The van der Waals surface area contributed by atoms with Gasteiger partial charge in [-0.15, -0.1) is 0 Å². The number of nitrogens with zero attached hydrogens (tertiary/aromatic N) is 3. The Morgan fingerprint density at radius 2 is 2.08 bits per heavy atom. The third-order valence-electron chi connectivity index (χ3n) is 1.76. The Bertz CT molecular complexity index is 291. The summed E-state index contributed by atoms with van der Waals surface area (Å²) >= 11 is 0. The third-order valence-corrected chi connectivity index (χ3v) is 1.76. The van der Waals surface area contributed by atoms with Gasteiger partial charge in [0, 0.05) is 20.0 Å². The molecule has 0 aliphatic carbocycles. The molecule has 0 saturated carbocycles. The predicted octanol–water partition coefficient (Wildman–Crippen LogP) is 1.12. The number of aromatic nitrogens is 2. The summed E-state index contributed by atoms with van der Waals surface area (Å²) < 4.78 is 4.76. The zero-order valence-corrected chi connectivity index (χ0v) is 8.07. The molecule has 0 atom stereocenters. The topological polar surface area (TPSA) is 59.2 Å². The lowest BCUT2D eigenvalue weighted by atomic mass is 10.4. The van der Waals surface area contributed by atoms with Crippen LogP contribution < -0.4 is 4.90 Å². The van der Waals surface area contributed by atoms with Gasteiger partial charge in [-0.05, 0) is 19.0 Å². The fraction of sp³-hybridized carbons (Fsp3) is 0.625. The first-order chi connectivity index (χ1) is 6.19. The average Bonchev–Trinajstić information content (AvgIpc) is 2.56. The molecule has 0 saturated heterocycles. The van der Waals surface area contributed by atoms with Crippen molar-refractivity contribution in [1.82, 2.24) is 10.1 Å². The minimum Gasteiger partial charge on any atom is -0.339 e. The summed E-state index contributed by atoms with van der Waals surface area (Å²) in [5, 5.41) is 3.70. The van der Waals surface area contributed by atoms with E-state index in [1.54, 1.807) is 0 Å². The lowest BCUT2D eigenvalue weighted by Crippen LogP contribution is -2.23. The predicted molar refractivity (Wildman–Crippen MR) is 47.9 cm³/mol. The fourth-order valence-electron chi connectivity index (χ4n) is 0.994. The molecule has 13 heavy (non-hydrogen) atoms. The van der Waals surface area contributed by atoms with Crippen LogP contribution in [0.4, 0.5) is 5.95 Å². The molecule has 0 aromatic carbocycles. The number of anilines is 1. The van der Waals surface area contributed by atoms with E-state index in [4.69, 9.17) is 4.52 Å². The van der Waals surface area contributed by atoms with E-state index in [1.165, 1.54) is 6.92 Å². The Hall–Kier alpha value is -1.39. The number of ketones is 1. The van der Waals surface area contributed by atoms with Crippen LogP contribution in [0.3, 0.4) is 0 Å². The van der Waals surface area contributed by atoms with Crippen molar-refractivity contribution in [2.45, 2.75) is 20.8 Å². The number of rotatable bonds is 4. The average molecular weight is 183 g/mol. The van der Waals surface area contributed by atoms with E-state index < -0.39 is 0 Å². The molecule has 0 N–H and O–H groups in total. The molecule has 1 heterocycles. The van der Waals surface area contributed by atoms with E-state index in [1.807, 2.05) is 18.7 Å². The summed E-state index contributed by atoms with van der Waals surface area (Å²) in [6.45, 7) is 6.99. The van der Waals surface area contributed by atoms with E-state index in [9.17, 15) is 4.79 Å². The van der Waals surface area contributed by atoms with Gasteiger partial charge in [-0.25, -0.2) is 0 Å². The van der Waals surface area contributed by atoms with Gasteiger partial charge in [-0.1, -0.05) is 0 Å². The van der Waals surface area contributed by atoms with Crippen LogP contribution in [-0.4, -0.2) is 29.0 Å². The van der Waals surface area contributed by atoms with Gasteiger partial charge in [0.05, 0.1) is 0 Å². The van der Waals surface area contributed by atoms with Gasteiger partial charge in [-0.3, -0.25) is 4.79 Å². The first kappa shape index (κ1) is 9.70. The van der Waals surface area contributed by atoms with E-state index in [-0.39, 0.29) is 11.7 Å². The van der Waals surface area contributed by atoms with E-state index >= 15 is 0 Å². The second-order valence-electron chi connectivity index (χ2n) is 2.63. The van der Waals surface area contributed by atoms with Crippen molar-refractivity contribution >= 4 is 11.7 Å². The van der Waals surface area contributed by atoms with Gasteiger partial charge in [0.1, 0.15) is 0 Å². The van der Waals surface area contributed by atoms with Crippen LogP contribution in [0.2, 0.25) is 0 Å². The first-order valence-electron chi connectivity index (χ1n) is 4.28. The zero-order valence-electron chi connectivity index (χ0n) is 8.07. The largest absolute Gasteiger partial charge is 0.339 e. The van der Waals surface area contributed by atoms with Crippen LogP contribution >= 0.6 is 0 Å². The van der Waals surface area contributed by atoms with Gasteiger partial charge < -0.3 is 9.42 Å². The van der Waals surface area contributed by atoms with Crippen molar-refractivity contribution in [3.8, 4) is 0 Å². The zero-order chi connectivity index (χ0) is 9.84. The minimum atomic E-state index is -0.203. The molecule has 5 heteroatoms. The number of Topliss-reactive ketones (excluding diaryl/α,β-unsaturated/α-hetero) is 1. The van der Waals surface area contributed by atoms with Crippen LogP contribution in [0.1, 0.15) is 31.5 Å². The number of carbonyl (C=O) groups excluding carboxylic acids is 1. The highest BCUT2D eigenvalue weighted by atomic mass is 16.5.